The Morgan fingerprint density at radius 3 is 1.46 bits per heavy atom. The highest BCUT2D eigenvalue weighted by atomic mass is 31.2. The second-order valence-corrected chi connectivity index (χ2v) is 16.1. The first-order valence-corrected chi connectivity index (χ1v) is 24.0. The van der Waals surface area contributed by atoms with Crippen LogP contribution >= 0.6 is 7.82 Å². The third-order valence-corrected chi connectivity index (χ3v) is 9.98. The van der Waals surface area contributed by atoms with Gasteiger partial charge in [-0.3, -0.25) is 18.6 Å². The predicted molar refractivity (Wildman–Crippen MR) is 242 cm³/mol. The summed E-state index contributed by atoms with van der Waals surface area (Å²) in [6.07, 6.45) is 51.3. The first-order chi connectivity index (χ1) is 28.7. The van der Waals surface area contributed by atoms with Gasteiger partial charge in [-0.2, -0.15) is 0 Å². The van der Waals surface area contributed by atoms with Crippen LogP contribution in [0.1, 0.15) is 168 Å². The average molecular weight is 849 g/mol. The molecular weight excluding hydrogens is 767 g/mol. The van der Waals surface area contributed by atoms with Crippen LogP contribution in [0.2, 0.25) is 0 Å². The maximum atomic E-state index is 12.6. The quantitative estimate of drug-likeness (QED) is 0.0235. The molecular formula is C48H81O10P. The Kier molecular flexibility index (Phi) is 41.2. The maximum Gasteiger partial charge on any atom is 0.472 e. The molecule has 3 N–H and O–H groups in total. The summed E-state index contributed by atoms with van der Waals surface area (Å²) < 4.78 is 32.7. The van der Waals surface area contributed by atoms with Crippen molar-refractivity contribution in [3.05, 3.63) is 85.1 Å². The van der Waals surface area contributed by atoms with Gasteiger partial charge in [0.15, 0.2) is 6.10 Å². The van der Waals surface area contributed by atoms with Crippen molar-refractivity contribution in [3.63, 3.8) is 0 Å². The summed E-state index contributed by atoms with van der Waals surface area (Å²) in [7, 11) is -4.64. The number of allylic oxidation sites excluding steroid dienone is 14. The van der Waals surface area contributed by atoms with E-state index in [0.29, 0.717) is 19.3 Å². The van der Waals surface area contributed by atoms with Gasteiger partial charge in [0.25, 0.3) is 0 Å². The van der Waals surface area contributed by atoms with E-state index >= 15 is 0 Å². The lowest BCUT2D eigenvalue weighted by Gasteiger charge is -2.20. The van der Waals surface area contributed by atoms with Crippen LogP contribution in [0.4, 0.5) is 0 Å². The lowest BCUT2D eigenvalue weighted by molar-refractivity contribution is -0.161. The van der Waals surface area contributed by atoms with E-state index in [4.69, 9.17) is 19.1 Å². The summed E-state index contributed by atoms with van der Waals surface area (Å²) in [5, 5.41) is 18.3. The molecule has 0 spiro atoms. The fraction of sp³-hybridized carbons (Fsp3) is 0.667. The van der Waals surface area contributed by atoms with Gasteiger partial charge in [-0.25, -0.2) is 4.57 Å². The van der Waals surface area contributed by atoms with Crippen LogP contribution in [0, 0.1) is 0 Å². The number of aliphatic hydroxyl groups is 2. The minimum atomic E-state index is -4.64. The number of phosphoric acid groups is 1. The molecule has 0 heterocycles. The summed E-state index contributed by atoms with van der Waals surface area (Å²) in [6.45, 7) is 2.17. The van der Waals surface area contributed by atoms with Crippen LogP contribution in [-0.4, -0.2) is 65.7 Å². The first-order valence-electron chi connectivity index (χ1n) is 22.5. The second-order valence-electron chi connectivity index (χ2n) is 14.7. The van der Waals surface area contributed by atoms with Gasteiger partial charge in [-0.15, -0.1) is 0 Å². The van der Waals surface area contributed by atoms with Crippen molar-refractivity contribution in [3.8, 4) is 0 Å². The number of hydrogen-bond donors (Lipinski definition) is 3. The highest BCUT2D eigenvalue weighted by molar-refractivity contribution is 7.47. The largest absolute Gasteiger partial charge is 0.472 e. The molecule has 338 valence electrons. The Labute approximate surface area is 358 Å². The number of ether oxygens (including phenoxy) is 2. The predicted octanol–water partition coefficient (Wildman–Crippen LogP) is 12.2. The third-order valence-electron chi connectivity index (χ3n) is 9.03. The Morgan fingerprint density at radius 2 is 0.949 bits per heavy atom. The maximum absolute atomic E-state index is 12.6. The molecule has 0 radical (unpaired) electrons. The van der Waals surface area contributed by atoms with E-state index in [0.717, 1.165) is 70.6 Å². The number of hydrogen-bond acceptors (Lipinski definition) is 9. The van der Waals surface area contributed by atoms with Crippen molar-refractivity contribution < 1.29 is 47.8 Å². The fourth-order valence-electron chi connectivity index (χ4n) is 5.59. The molecule has 0 amide bonds. The molecule has 0 aromatic heterocycles. The number of carbonyl (C=O) groups is 2. The smallest absolute Gasteiger partial charge is 0.462 e. The van der Waals surface area contributed by atoms with Crippen LogP contribution in [0.15, 0.2) is 85.1 Å². The van der Waals surface area contributed by atoms with E-state index in [1.807, 2.05) is 12.2 Å². The summed E-state index contributed by atoms with van der Waals surface area (Å²) >= 11 is 0. The molecule has 0 aliphatic heterocycles. The van der Waals surface area contributed by atoms with E-state index < -0.39 is 51.8 Å². The van der Waals surface area contributed by atoms with E-state index in [2.05, 4.69) is 91.3 Å². The number of aliphatic hydroxyl groups excluding tert-OH is 2. The fourth-order valence-corrected chi connectivity index (χ4v) is 6.38. The molecule has 0 bridgehead atoms. The third kappa shape index (κ3) is 43.1. The van der Waals surface area contributed by atoms with Gasteiger partial charge in [-0.1, -0.05) is 157 Å². The lowest BCUT2D eigenvalue weighted by Crippen LogP contribution is -2.29. The minimum absolute atomic E-state index is 0.0999. The molecule has 0 saturated heterocycles. The Morgan fingerprint density at radius 1 is 0.525 bits per heavy atom. The highest BCUT2D eigenvalue weighted by Crippen LogP contribution is 2.43. The summed E-state index contributed by atoms with van der Waals surface area (Å²) in [4.78, 5) is 35.0. The normalized spacial score (nSPS) is 14.6. The van der Waals surface area contributed by atoms with Crippen LogP contribution in [0.25, 0.3) is 0 Å². The van der Waals surface area contributed by atoms with Crippen molar-refractivity contribution >= 4 is 19.8 Å². The molecule has 0 saturated carbocycles. The second kappa shape index (κ2) is 43.2. The van der Waals surface area contributed by atoms with E-state index in [-0.39, 0.29) is 19.4 Å². The molecule has 3 atom stereocenters. The van der Waals surface area contributed by atoms with Crippen molar-refractivity contribution in [2.45, 2.75) is 180 Å². The Bertz CT molecular complexity index is 1250. The van der Waals surface area contributed by atoms with Gasteiger partial charge in [-0.05, 0) is 83.5 Å². The molecule has 10 nitrogen and oxygen atoms in total. The summed E-state index contributed by atoms with van der Waals surface area (Å²) in [5.41, 5.74) is 0. The Balaban J connectivity index is 4.41. The SMILES string of the molecule is CC/C=C/C/C=C/C/C=C/CCCCCCCC(=O)OC[C@H](COP(=O)(O)OC[C@@H](O)CO)OC(=O)CCC/C=C/C/C=C/C/C=C/C/C=C/CCCCCCCCC. The standard InChI is InChI=1S/C48H81O10P/c1-3-5-7-9-11-13-15-17-19-20-21-22-23-24-26-28-30-32-34-36-38-40-48(52)58-46(44-57-59(53,54)56-42-45(50)41-49)43-55-47(51)39-37-35-33-31-29-27-25-18-16-14-12-10-8-6-4-2/h6,8,12,14,18-20,22-23,25-26,28,32,34,45-46,49-50H,3-5,7,9-11,13,15-17,21,24,27,29-31,33,35-44H2,1-2H3,(H,53,54)/b8-6+,14-12+,20-19+,23-22+,25-18+,28-26+,34-32+/t45-,46+/m0/s1. The van der Waals surface area contributed by atoms with Crippen LogP contribution in [0.5, 0.6) is 0 Å². The molecule has 0 aliphatic carbocycles. The minimum Gasteiger partial charge on any atom is -0.462 e. The summed E-state index contributed by atoms with van der Waals surface area (Å²) in [5.74, 6) is -1.02. The van der Waals surface area contributed by atoms with Gasteiger partial charge >= 0.3 is 19.8 Å². The molecule has 0 rings (SSSR count). The topological polar surface area (TPSA) is 149 Å². The molecule has 0 aliphatic rings. The van der Waals surface area contributed by atoms with E-state index in [1.165, 1.54) is 51.4 Å². The first kappa shape index (κ1) is 56.1. The zero-order chi connectivity index (χ0) is 43.3. The monoisotopic (exact) mass is 849 g/mol. The number of esters is 2. The van der Waals surface area contributed by atoms with Crippen LogP contribution in [-0.2, 0) is 32.7 Å². The molecule has 11 heteroatoms. The molecule has 0 aromatic carbocycles. The van der Waals surface area contributed by atoms with Crippen molar-refractivity contribution in [1.82, 2.24) is 0 Å². The molecule has 0 fully saturated rings. The van der Waals surface area contributed by atoms with Crippen LogP contribution in [0.3, 0.4) is 0 Å². The highest BCUT2D eigenvalue weighted by Gasteiger charge is 2.27. The van der Waals surface area contributed by atoms with Crippen LogP contribution < -0.4 is 0 Å². The average Bonchev–Trinajstić information content (AvgIpc) is 3.22. The van der Waals surface area contributed by atoms with Gasteiger partial charge in [0, 0.05) is 12.8 Å². The lowest BCUT2D eigenvalue weighted by atomic mass is 10.1. The van der Waals surface area contributed by atoms with E-state index in [1.54, 1.807) is 0 Å². The summed E-state index contributed by atoms with van der Waals surface area (Å²) in [6, 6.07) is 0. The number of phosphoric ester groups is 1. The molecule has 1 unspecified atom stereocenters. The van der Waals surface area contributed by atoms with Crippen molar-refractivity contribution in [2.75, 3.05) is 26.4 Å². The van der Waals surface area contributed by atoms with Gasteiger partial charge in [0.2, 0.25) is 0 Å². The number of rotatable bonds is 41. The van der Waals surface area contributed by atoms with Gasteiger partial charge in [0.1, 0.15) is 12.7 Å². The zero-order valence-electron chi connectivity index (χ0n) is 36.7. The molecule has 59 heavy (non-hydrogen) atoms. The number of carbonyl (C=O) groups excluding carboxylic acids is 2. The van der Waals surface area contributed by atoms with Gasteiger partial charge in [0.05, 0.1) is 19.8 Å². The zero-order valence-corrected chi connectivity index (χ0v) is 37.6. The number of unbranched alkanes of at least 4 members (excludes halogenated alkanes) is 13. The van der Waals surface area contributed by atoms with Crippen molar-refractivity contribution in [2.24, 2.45) is 0 Å². The Hall–Kier alpha value is -2.85. The van der Waals surface area contributed by atoms with E-state index in [9.17, 15) is 24.2 Å². The van der Waals surface area contributed by atoms with Crippen molar-refractivity contribution in [1.29, 1.82) is 0 Å². The van der Waals surface area contributed by atoms with Gasteiger partial charge < -0.3 is 24.6 Å². The molecule has 0 aromatic rings.